The Morgan fingerprint density at radius 3 is 2.85 bits per heavy atom. The van der Waals surface area contributed by atoms with Crippen LogP contribution in [-0.4, -0.2) is 10.4 Å². The summed E-state index contributed by atoms with van der Waals surface area (Å²) in [5, 5.41) is 9.99. The quantitative estimate of drug-likeness (QED) is 0.667. The van der Waals surface area contributed by atoms with Crippen LogP contribution < -0.4 is 0 Å². The topological polar surface area (TPSA) is 45.8 Å². The Balaban J connectivity index is 1.95. The van der Waals surface area contributed by atoms with Crippen molar-refractivity contribution in [1.29, 1.82) is 5.26 Å². The molecule has 0 amide bonds. The van der Waals surface area contributed by atoms with Crippen LogP contribution in [0.4, 0.5) is 0 Å². The molecule has 0 aliphatic rings. The van der Waals surface area contributed by atoms with Crippen molar-refractivity contribution < 1.29 is 4.79 Å². The highest BCUT2D eigenvalue weighted by Gasteiger charge is 2.11. The average Bonchev–Trinajstić information content (AvgIpc) is 3.05. The van der Waals surface area contributed by atoms with Gasteiger partial charge in [-0.15, -0.1) is 11.3 Å². The van der Waals surface area contributed by atoms with Gasteiger partial charge in [-0.1, -0.05) is 6.07 Å². The van der Waals surface area contributed by atoms with Crippen molar-refractivity contribution in [3.63, 3.8) is 0 Å². The number of thiophene rings is 1. The second-order valence-electron chi connectivity index (χ2n) is 4.36. The summed E-state index contributed by atoms with van der Waals surface area (Å²) in [5.41, 5.74) is 1.51. The van der Waals surface area contributed by atoms with Gasteiger partial charge in [-0.3, -0.25) is 4.79 Å². The molecule has 0 radical (unpaired) electrons. The number of benzene rings is 1. The molecule has 5 heteroatoms. The fourth-order valence-corrected chi connectivity index (χ4v) is 3.40. The van der Waals surface area contributed by atoms with E-state index in [0.29, 0.717) is 5.56 Å². The van der Waals surface area contributed by atoms with E-state index in [2.05, 4.69) is 22.0 Å². The third kappa shape index (κ3) is 2.40. The van der Waals surface area contributed by atoms with Gasteiger partial charge in [0.1, 0.15) is 0 Å². The number of hydrogen-bond donors (Lipinski definition) is 0. The number of nitrogens with zero attached hydrogens (tertiary/aromatic N) is 2. The highest BCUT2D eigenvalue weighted by molar-refractivity contribution is 9.11. The summed E-state index contributed by atoms with van der Waals surface area (Å²) in [6.45, 7) is 0.283. The minimum atomic E-state index is 0.0700. The number of halogens is 1. The molecule has 0 aliphatic heterocycles. The zero-order chi connectivity index (χ0) is 14.1. The predicted molar refractivity (Wildman–Crippen MR) is 83.0 cm³/mol. The van der Waals surface area contributed by atoms with E-state index in [4.69, 9.17) is 5.26 Å². The average molecular weight is 345 g/mol. The third-order valence-electron chi connectivity index (χ3n) is 3.06. The Morgan fingerprint density at radius 2 is 2.15 bits per heavy atom. The molecule has 20 heavy (non-hydrogen) atoms. The van der Waals surface area contributed by atoms with Crippen molar-refractivity contribution in [2.45, 2.75) is 6.54 Å². The van der Waals surface area contributed by atoms with Gasteiger partial charge < -0.3 is 4.57 Å². The van der Waals surface area contributed by atoms with E-state index in [0.717, 1.165) is 19.6 Å². The SMILES string of the molecule is N#Cc1ccc2ccn(CC(=O)c3ccc(Br)s3)c2c1. The molecule has 3 nitrogen and oxygen atoms in total. The van der Waals surface area contributed by atoms with E-state index in [1.54, 1.807) is 6.07 Å². The van der Waals surface area contributed by atoms with E-state index in [-0.39, 0.29) is 12.3 Å². The Kier molecular flexibility index (Phi) is 3.43. The lowest BCUT2D eigenvalue weighted by Crippen LogP contribution is -2.07. The van der Waals surface area contributed by atoms with Gasteiger partial charge in [0.05, 0.1) is 26.8 Å². The Bertz CT molecular complexity index is 841. The molecule has 1 aromatic carbocycles. The van der Waals surface area contributed by atoms with Crippen LogP contribution >= 0.6 is 27.3 Å². The molecule has 0 aliphatic carbocycles. The molecule has 0 saturated heterocycles. The number of rotatable bonds is 3. The van der Waals surface area contributed by atoms with Crippen LogP contribution in [0.1, 0.15) is 15.2 Å². The van der Waals surface area contributed by atoms with Crippen molar-refractivity contribution in [2.75, 3.05) is 0 Å². The van der Waals surface area contributed by atoms with Gasteiger partial charge in [-0.25, -0.2) is 0 Å². The molecule has 0 bridgehead atoms. The van der Waals surface area contributed by atoms with E-state index < -0.39 is 0 Å². The van der Waals surface area contributed by atoms with Crippen LogP contribution in [0.15, 0.2) is 46.4 Å². The van der Waals surface area contributed by atoms with Crippen LogP contribution in [0.2, 0.25) is 0 Å². The number of carbonyl (C=O) groups excluding carboxylic acids is 1. The first kappa shape index (κ1) is 13.1. The van der Waals surface area contributed by atoms with Crippen LogP contribution in [0.5, 0.6) is 0 Å². The van der Waals surface area contributed by atoms with Gasteiger partial charge in [0.15, 0.2) is 5.78 Å². The normalized spacial score (nSPS) is 10.6. The largest absolute Gasteiger partial charge is 0.340 e. The van der Waals surface area contributed by atoms with Gasteiger partial charge in [-0.2, -0.15) is 5.26 Å². The summed E-state index contributed by atoms with van der Waals surface area (Å²) < 4.78 is 2.83. The summed E-state index contributed by atoms with van der Waals surface area (Å²) in [6, 6.07) is 13.3. The molecular formula is C15H9BrN2OS. The molecule has 0 unspecified atom stereocenters. The maximum atomic E-state index is 12.2. The summed E-state index contributed by atoms with van der Waals surface area (Å²) in [5.74, 6) is 0.0700. The number of hydrogen-bond acceptors (Lipinski definition) is 3. The molecule has 2 aromatic heterocycles. The highest BCUT2D eigenvalue weighted by Crippen LogP contribution is 2.24. The van der Waals surface area contributed by atoms with E-state index in [9.17, 15) is 4.79 Å². The van der Waals surface area contributed by atoms with Gasteiger partial charge in [-0.05, 0) is 51.6 Å². The number of Topliss-reactive ketones (excluding diaryl/α,β-unsaturated/α-hetero) is 1. The first-order valence-corrected chi connectivity index (χ1v) is 7.56. The van der Waals surface area contributed by atoms with Crippen LogP contribution in [0.3, 0.4) is 0 Å². The Labute approximate surface area is 128 Å². The van der Waals surface area contributed by atoms with Gasteiger partial charge >= 0.3 is 0 Å². The molecule has 2 heterocycles. The number of carbonyl (C=O) groups is 1. The second-order valence-corrected chi connectivity index (χ2v) is 6.82. The first-order valence-electron chi connectivity index (χ1n) is 5.95. The van der Waals surface area contributed by atoms with Crippen molar-refractivity contribution in [2.24, 2.45) is 0 Å². The molecule has 3 aromatic rings. The fourth-order valence-electron chi connectivity index (χ4n) is 2.09. The van der Waals surface area contributed by atoms with Crippen molar-refractivity contribution in [3.05, 3.63) is 56.8 Å². The Morgan fingerprint density at radius 1 is 1.30 bits per heavy atom. The lowest BCUT2D eigenvalue weighted by atomic mass is 10.2. The van der Waals surface area contributed by atoms with E-state index >= 15 is 0 Å². The summed E-state index contributed by atoms with van der Waals surface area (Å²) in [6.07, 6.45) is 1.88. The zero-order valence-electron chi connectivity index (χ0n) is 10.3. The minimum absolute atomic E-state index is 0.0700. The fraction of sp³-hybridized carbons (Fsp3) is 0.0667. The Hall–Kier alpha value is -1.90. The van der Waals surface area contributed by atoms with Crippen molar-refractivity contribution >= 4 is 44.0 Å². The predicted octanol–water partition coefficient (Wildman–Crippen LogP) is 4.22. The number of aromatic nitrogens is 1. The molecule has 98 valence electrons. The molecule has 3 rings (SSSR count). The first-order chi connectivity index (χ1) is 9.67. The molecule has 0 N–H and O–H groups in total. The lowest BCUT2D eigenvalue weighted by Gasteiger charge is -2.03. The van der Waals surface area contributed by atoms with Gasteiger partial charge in [0, 0.05) is 11.7 Å². The smallest absolute Gasteiger partial charge is 0.192 e. The standard InChI is InChI=1S/C15H9BrN2OS/c16-15-4-3-14(20-15)13(19)9-18-6-5-11-2-1-10(8-17)7-12(11)18/h1-7H,9H2. The summed E-state index contributed by atoms with van der Waals surface area (Å²) in [7, 11) is 0. The van der Waals surface area contributed by atoms with Crippen LogP contribution in [0, 0.1) is 11.3 Å². The maximum absolute atomic E-state index is 12.2. The lowest BCUT2D eigenvalue weighted by molar-refractivity contribution is 0.0977. The molecular weight excluding hydrogens is 336 g/mol. The van der Waals surface area contributed by atoms with E-state index in [1.807, 2.05) is 41.1 Å². The van der Waals surface area contributed by atoms with Gasteiger partial charge in [0.2, 0.25) is 0 Å². The number of ketones is 1. The van der Waals surface area contributed by atoms with Crippen LogP contribution in [-0.2, 0) is 6.54 Å². The zero-order valence-corrected chi connectivity index (χ0v) is 12.7. The molecule has 0 spiro atoms. The summed E-state index contributed by atoms with van der Waals surface area (Å²) >= 11 is 4.79. The molecule has 0 saturated carbocycles. The number of fused-ring (bicyclic) bond motifs is 1. The summed E-state index contributed by atoms with van der Waals surface area (Å²) in [4.78, 5) is 13.0. The second kappa shape index (κ2) is 5.23. The minimum Gasteiger partial charge on any atom is -0.340 e. The van der Waals surface area contributed by atoms with E-state index in [1.165, 1.54) is 11.3 Å². The molecule has 0 fully saturated rings. The van der Waals surface area contributed by atoms with Gasteiger partial charge in [0.25, 0.3) is 0 Å². The molecule has 0 atom stereocenters. The third-order valence-corrected chi connectivity index (χ3v) is 4.73. The van der Waals surface area contributed by atoms with Crippen molar-refractivity contribution in [3.8, 4) is 6.07 Å². The van der Waals surface area contributed by atoms with Crippen LogP contribution in [0.25, 0.3) is 10.9 Å². The monoisotopic (exact) mass is 344 g/mol. The maximum Gasteiger partial charge on any atom is 0.192 e. The number of nitriles is 1. The van der Waals surface area contributed by atoms with Crippen molar-refractivity contribution in [1.82, 2.24) is 4.57 Å². The highest BCUT2D eigenvalue weighted by atomic mass is 79.9.